The molecular weight excluding hydrogens is 468 g/mol. The van der Waals surface area contributed by atoms with Crippen LogP contribution in [-0.4, -0.2) is 28.3 Å². The Morgan fingerprint density at radius 3 is 2.68 bits per heavy atom. The van der Waals surface area contributed by atoms with Gasteiger partial charge >= 0.3 is 5.97 Å². The smallest absolute Gasteiger partial charge is 0.344 e. The van der Waals surface area contributed by atoms with E-state index in [1.807, 2.05) is 6.07 Å². The molecule has 3 rings (SSSR count). The van der Waals surface area contributed by atoms with Gasteiger partial charge in [-0.3, -0.25) is 4.79 Å². The topological polar surface area (TPSA) is 88.0 Å². The van der Waals surface area contributed by atoms with Crippen molar-refractivity contribution in [3.8, 4) is 5.75 Å². The van der Waals surface area contributed by atoms with Crippen molar-refractivity contribution in [2.75, 3.05) is 0 Å². The van der Waals surface area contributed by atoms with Crippen LogP contribution in [0.1, 0.15) is 12.5 Å². The molecule has 2 aromatic rings. The number of carboxylic acids is 1. The third kappa shape index (κ3) is 5.15. The van der Waals surface area contributed by atoms with Crippen LogP contribution in [0.25, 0.3) is 6.08 Å². The van der Waals surface area contributed by atoms with Crippen LogP contribution in [-0.2, 0) is 9.59 Å². The van der Waals surface area contributed by atoms with E-state index in [-0.39, 0.29) is 5.91 Å². The summed E-state index contributed by atoms with van der Waals surface area (Å²) >= 11 is 10.7. The number of halogens is 2. The summed E-state index contributed by atoms with van der Waals surface area (Å²) in [6, 6.07) is 12.1. The fourth-order valence-corrected chi connectivity index (χ4v) is 3.76. The molecule has 2 aromatic carbocycles. The first kappa shape index (κ1) is 20.4. The molecule has 0 aliphatic carbocycles. The minimum atomic E-state index is -1.04. The van der Waals surface area contributed by atoms with Crippen molar-refractivity contribution in [2.24, 2.45) is 4.99 Å². The summed E-state index contributed by atoms with van der Waals surface area (Å²) in [5.41, 5.74) is 1.33. The Bertz CT molecular complexity index is 992. The van der Waals surface area contributed by atoms with Gasteiger partial charge in [-0.05, 0) is 60.7 Å². The molecule has 0 radical (unpaired) electrons. The first-order valence-corrected chi connectivity index (χ1v) is 10.0. The maximum absolute atomic E-state index is 12.2. The minimum absolute atomic E-state index is 0.253. The van der Waals surface area contributed by atoms with Gasteiger partial charge in [0, 0.05) is 4.47 Å². The summed E-state index contributed by atoms with van der Waals surface area (Å²) < 4.78 is 6.13. The van der Waals surface area contributed by atoms with Crippen LogP contribution < -0.4 is 10.1 Å². The van der Waals surface area contributed by atoms with Crippen molar-refractivity contribution in [1.29, 1.82) is 0 Å². The Morgan fingerprint density at radius 1 is 1.32 bits per heavy atom. The number of hydrogen-bond acceptors (Lipinski definition) is 5. The quantitative estimate of drug-likeness (QED) is 0.596. The average molecular weight is 482 g/mol. The van der Waals surface area contributed by atoms with Crippen molar-refractivity contribution >= 4 is 68.1 Å². The predicted octanol–water partition coefficient (Wildman–Crippen LogP) is 4.85. The largest absolute Gasteiger partial charge is 0.479 e. The monoisotopic (exact) mass is 480 g/mol. The summed E-state index contributed by atoms with van der Waals surface area (Å²) in [4.78, 5) is 27.9. The van der Waals surface area contributed by atoms with E-state index in [0.717, 1.165) is 10.0 Å². The average Bonchev–Trinajstić information content (AvgIpc) is 2.98. The Labute approximate surface area is 178 Å². The second-order valence-corrected chi connectivity index (χ2v) is 8.10. The highest BCUT2D eigenvalue weighted by molar-refractivity contribution is 9.10. The van der Waals surface area contributed by atoms with Gasteiger partial charge in [0.1, 0.15) is 5.75 Å². The number of amidine groups is 1. The molecule has 9 heteroatoms. The molecule has 1 aliphatic rings. The highest BCUT2D eigenvalue weighted by atomic mass is 79.9. The molecule has 1 fully saturated rings. The number of amides is 1. The lowest BCUT2D eigenvalue weighted by Crippen LogP contribution is -2.22. The van der Waals surface area contributed by atoms with E-state index in [2.05, 4.69) is 26.2 Å². The lowest BCUT2D eigenvalue weighted by atomic mass is 10.2. The summed E-state index contributed by atoms with van der Waals surface area (Å²) in [6.45, 7) is 1.45. The molecule has 0 bridgehead atoms. The van der Waals surface area contributed by atoms with Crippen molar-refractivity contribution in [2.45, 2.75) is 13.0 Å². The number of nitrogens with one attached hydrogen (secondary N) is 1. The number of hydrogen-bond donors (Lipinski definition) is 2. The zero-order valence-electron chi connectivity index (χ0n) is 14.5. The summed E-state index contributed by atoms with van der Waals surface area (Å²) in [7, 11) is 0. The van der Waals surface area contributed by atoms with Gasteiger partial charge in [-0.25, -0.2) is 9.79 Å². The third-order valence-corrected chi connectivity index (χ3v) is 5.33. The van der Waals surface area contributed by atoms with E-state index in [1.165, 1.54) is 18.7 Å². The molecule has 2 N–H and O–H groups in total. The highest BCUT2D eigenvalue weighted by Gasteiger charge is 2.24. The van der Waals surface area contributed by atoms with Crippen molar-refractivity contribution in [3.05, 3.63) is 62.4 Å². The SMILES string of the molecule is C[C@@H](Oc1ccc(/C=C2/SC(=Nc3ccc(Br)cc3Cl)NC2=O)cc1)C(=O)O. The second-order valence-electron chi connectivity index (χ2n) is 5.74. The summed E-state index contributed by atoms with van der Waals surface area (Å²) in [6.07, 6.45) is 0.778. The molecule has 1 saturated heterocycles. The van der Waals surface area contributed by atoms with Crippen LogP contribution in [0.2, 0.25) is 5.02 Å². The van der Waals surface area contributed by atoms with Gasteiger partial charge in [0.25, 0.3) is 5.91 Å². The van der Waals surface area contributed by atoms with Crippen LogP contribution in [0.5, 0.6) is 5.75 Å². The Kier molecular flexibility index (Phi) is 6.43. The number of aliphatic imine (C=N–C) groups is 1. The first-order chi connectivity index (χ1) is 13.3. The lowest BCUT2D eigenvalue weighted by Gasteiger charge is -2.10. The number of thioether (sulfide) groups is 1. The number of carbonyl (C=O) groups is 2. The van der Waals surface area contributed by atoms with E-state index in [0.29, 0.717) is 26.5 Å². The maximum atomic E-state index is 12.2. The van der Waals surface area contributed by atoms with Gasteiger partial charge < -0.3 is 15.2 Å². The number of nitrogens with zero attached hydrogens (tertiary/aromatic N) is 1. The van der Waals surface area contributed by atoms with Gasteiger partial charge in [-0.15, -0.1) is 0 Å². The standard InChI is InChI=1S/C19H14BrClN2O4S/c1-10(18(25)26)27-13-5-2-11(3-6-13)8-16-17(24)23-19(28-16)22-15-7-4-12(20)9-14(15)21/h2-10H,1H3,(H,25,26)(H,22,23,24)/b16-8+/t10-/m1/s1. The van der Waals surface area contributed by atoms with E-state index in [9.17, 15) is 9.59 Å². The van der Waals surface area contributed by atoms with Crippen molar-refractivity contribution < 1.29 is 19.4 Å². The molecule has 0 unspecified atom stereocenters. The predicted molar refractivity (Wildman–Crippen MR) is 114 cm³/mol. The number of carboxylic acid groups (broad SMARTS) is 1. The number of rotatable bonds is 5. The normalized spacial score (nSPS) is 17.6. The van der Waals surface area contributed by atoms with E-state index < -0.39 is 12.1 Å². The zero-order chi connectivity index (χ0) is 20.3. The molecule has 6 nitrogen and oxygen atoms in total. The van der Waals surface area contributed by atoms with Crippen molar-refractivity contribution in [1.82, 2.24) is 5.32 Å². The van der Waals surface area contributed by atoms with Gasteiger partial charge in [0.2, 0.25) is 0 Å². The molecule has 28 heavy (non-hydrogen) atoms. The summed E-state index contributed by atoms with van der Waals surface area (Å²) in [5, 5.41) is 12.5. The van der Waals surface area contributed by atoms with Crippen molar-refractivity contribution in [3.63, 3.8) is 0 Å². The summed E-state index contributed by atoms with van der Waals surface area (Å²) in [5.74, 6) is -0.854. The van der Waals surface area contributed by atoms with Gasteiger partial charge in [-0.1, -0.05) is 39.7 Å². The number of benzene rings is 2. The Balaban J connectivity index is 1.73. The van der Waals surface area contributed by atoms with E-state index >= 15 is 0 Å². The fourth-order valence-electron chi connectivity index (χ4n) is 2.21. The van der Waals surface area contributed by atoms with E-state index in [4.69, 9.17) is 21.4 Å². The zero-order valence-corrected chi connectivity index (χ0v) is 17.6. The Morgan fingerprint density at radius 2 is 2.04 bits per heavy atom. The molecule has 0 spiro atoms. The number of aliphatic carboxylic acids is 1. The molecule has 1 atom stereocenters. The van der Waals surface area contributed by atoms with Gasteiger partial charge in [0.15, 0.2) is 11.3 Å². The maximum Gasteiger partial charge on any atom is 0.344 e. The molecule has 1 heterocycles. The van der Waals surface area contributed by atoms with Crippen LogP contribution in [0.15, 0.2) is 56.8 Å². The molecule has 1 amide bonds. The van der Waals surface area contributed by atoms with Crippen LogP contribution in [0, 0.1) is 0 Å². The fraction of sp³-hybridized carbons (Fsp3) is 0.105. The molecule has 1 aliphatic heterocycles. The Hall–Kier alpha value is -2.29. The van der Waals surface area contributed by atoms with Crippen LogP contribution in [0.4, 0.5) is 5.69 Å². The lowest BCUT2D eigenvalue weighted by molar-refractivity contribution is -0.144. The minimum Gasteiger partial charge on any atom is -0.479 e. The number of ether oxygens (including phenoxy) is 1. The highest BCUT2D eigenvalue weighted by Crippen LogP contribution is 2.32. The first-order valence-electron chi connectivity index (χ1n) is 8.06. The molecule has 0 saturated carbocycles. The molecule has 144 valence electrons. The van der Waals surface area contributed by atoms with Crippen LogP contribution in [0.3, 0.4) is 0 Å². The third-order valence-electron chi connectivity index (χ3n) is 3.62. The van der Waals surface area contributed by atoms with Gasteiger partial charge in [0.05, 0.1) is 15.6 Å². The van der Waals surface area contributed by atoms with Crippen LogP contribution >= 0.6 is 39.3 Å². The molecule has 0 aromatic heterocycles. The molecular formula is C19H14BrClN2O4S. The van der Waals surface area contributed by atoms with Gasteiger partial charge in [-0.2, -0.15) is 0 Å². The second kappa shape index (κ2) is 8.81. The van der Waals surface area contributed by atoms with E-state index in [1.54, 1.807) is 42.5 Å². The number of carbonyl (C=O) groups excluding carboxylic acids is 1.